The topological polar surface area (TPSA) is 46.6 Å². The van der Waals surface area contributed by atoms with Crippen molar-refractivity contribution in [2.45, 2.75) is 32.4 Å². The number of rotatable bonds is 3. The molecule has 0 aliphatic carbocycles. The normalized spacial score (nSPS) is 18.1. The van der Waals surface area contributed by atoms with Gasteiger partial charge in [-0.1, -0.05) is 54.1 Å². The number of carbonyl (C=O) groups excluding carboxylic acids is 2. The molecule has 146 valence electrons. The molecule has 0 bridgehead atoms. The fourth-order valence-corrected chi connectivity index (χ4v) is 3.84. The van der Waals surface area contributed by atoms with Crippen LogP contribution in [0.5, 0.6) is 0 Å². The summed E-state index contributed by atoms with van der Waals surface area (Å²) >= 11 is 0. The Morgan fingerprint density at radius 1 is 0.897 bits per heavy atom. The predicted molar refractivity (Wildman–Crippen MR) is 113 cm³/mol. The Bertz CT molecular complexity index is 1030. The van der Waals surface area contributed by atoms with Crippen molar-refractivity contribution in [2.24, 2.45) is 0 Å². The number of hydrogen-bond acceptors (Lipinski definition) is 3. The molecule has 3 aromatic carbocycles. The molecule has 29 heavy (non-hydrogen) atoms. The van der Waals surface area contributed by atoms with Crippen molar-refractivity contribution in [3.8, 4) is 0 Å². The van der Waals surface area contributed by atoms with E-state index in [1.165, 1.54) is 0 Å². The highest BCUT2D eigenvalue weighted by Gasteiger charge is 2.36. The molecule has 4 heteroatoms. The van der Waals surface area contributed by atoms with Gasteiger partial charge in [0.1, 0.15) is 6.10 Å². The zero-order valence-corrected chi connectivity index (χ0v) is 16.5. The molecule has 0 fully saturated rings. The lowest BCUT2D eigenvalue weighted by atomic mass is 9.91. The lowest BCUT2D eigenvalue weighted by Crippen LogP contribution is -2.44. The maximum atomic E-state index is 13.2. The minimum absolute atomic E-state index is 0.0453. The molecule has 1 amide bonds. The molecule has 0 saturated heterocycles. The van der Waals surface area contributed by atoms with Gasteiger partial charge in [0.25, 0.3) is 5.91 Å². The van der Waals surface area contributed by atoms with Gasteiger partial charge in [-0.2, -0.15) is 0 Å². The van der Waals surface area contributed by atoms with Crippen molar-refractivity contribution in [3.05, 3.63) is 101 Å². The second kappa shape index (κ2) is 7.92. The number of amides is 1. The summed E-state index contributed by atoms with van der Waals surface area (Å²) in [6.07, 6.45) is 0.153. The third kappa shape index (κ3) is 3.79. The van der Waals surface area contributed by atoms with Gasteiger partial charge in [0.2, 0.25) is 0 Å². The molecule has 1 heterocycles. The summed E-state index contributed by atoms with van der Waals surface area (Å²) < 4.78 is 5.89. The SMILES string of the molecule is Cc1ccc2c(c1)[C@@H](OC(=O)c1ccccc1)C[C@@H](C)N2C(=O)c1ccccc1. The van der Waals surface area contributed by atoms with Gasteiger partial charge in [-0.15, -0.1) is 0 Å². The van der Waals surface area contributed by atoms with Crippen molar-refractivity contribution >= 4 is 17.6 Å². The van der Waals surface area contributed by atoms with Crippen LogP contribution in [0.1, 0.15) is 51.3 Å². The number of benzene rings is 3. The van der Waals surface area contributed by atoms with Crippen LogP contribution in [-0.2, 0) is 4.74 Å². The van der Waals surface area contributed by atoms with Crippen molar-refractivity contribution in [2.75, 3.05) is 4.90 Å². The maximum absolute atomic E-state index is 13.2. The second-order valence-corrected chi connectivity index (χ2v) is 7.45. The number of esters is 1. The largest absolute Gasteiger partial charge is 0.454 e. The van der Waals surface area contributed by atoms with Crippen molar-refractivity contribution < 1.29 is 14.3 Å². The van der Waals surface area contributed by atoms with Crippen LogP contribution in [0.25, 0.3) is 0 Å². The molecule has 1 aliphatic rings. The summed E-state index contributed by atoms with van der Waals surface area (Å²) in [5, 5.41) is 0. The highest BCUT2D eigenvalue weighted by molar-refractivity contribution is 6.07. The Labute approximate surface area is 170 Å². The summed E-state index contributed by atoms with van der Waals surface area (Å²) in [6, 6.07) is 24.1. The molecule has 1 aliphatic heterocycles. The Kier molecular flexibility index (Phi) is 5.17. The molecule has 3 aromatic rings. The van der Waals surface area contributed by atoms with Gasteiger partial charge < -0.3 is 9.64 Å². The van der Waals surface area contributed by atoms with E-state index in [-0.39, 0.29) is 17.9 Å². The van der Waals surface area contributed by atoms with Crippen LogP contribution in [0.4, 0.5) is 5.69 Å². The zero-order chi connectivity index (χ0) is 20.4. The number of nitrogens with zero attached hydrogens (tertiary/aromatic N) is 1. The lowest BCUT2D eigenvalue weighted by molar-refractivity contribution is 0.0250. The molecule has 4 rings (SSSR count). The summed E-state index contributed by atoms with van der Waals surface area (Å²) in [4.78, 5) is 27.7. The zero-order valence-electron chi connectivity index (χ0n) is 16.5. The minimum atomic E-state index is -0.396. The van der Waals surface area contributed by atoms with Gasteiger partial charge in [-0.05, 0) is 44.2 Å². The molecule has 4 nitrogen and oxygen atoms in total. The second-order valence-electron chi connectivity index (χ2n) is 7.45. The molecule has 0 N–H and O–H groups in total. The summed E-state index contributed by atoms with van der Waals surface area (Å²) in [7, 11) is 0. The van der Waals surface area contributed by atoms with E-state index >= 15 is 0 Å². The van der Waals surface area contributed by atoms with Crippen LogP contribution in [0.2, 0.25) is 0 Å². The molecule has 0 spiro atoms. The number of ether oxygens (including phenoxy) is 1. The molecule has 2 atom stereocenters. The Hall–Kier alpha value is -3.40. The van der Waals surface area contributed by atoms with Crippen LogP contribution in [0.3, 0.4) is 0 Å². The number of hydrogen-bond donors (Lipinski definition) is 0. The summed E-state index contributed by atoms with van der Waals surface area (Å²) in [6.45, 7) is 3.99. The Balaban J connectivity index is 1.69. The average molecular weight is 385 g/mol. The summed E-state index contributed by atoms with van der Waals surface area (Å²) in [5.74, 6) is -0.394. The van der Waals surface area contributed by atoms with Crippen molar-refractivity contribution in [1.82, 2.24) is 0 Å². The highest BCUT2D eigenvalue weighted by atomic mass is 16.5. The van der Waals surface area contributed by atoms with E-state index in [0.717, 1.165) is 16.8 Å². The predicted octanol–water partition coefficient (Wildman–Crippen LogP) is 5.33. The van der Waals surface area contributed by atoms with E-state index < -0.39 is 6.10 Å². The van der Waals surface area contributed by atoms with Crippen LogP contribution >= 0.6 is 0 Å². The molecule has 0 saturated carbocycles. The first-order valence-corrected chi connectivity index (χ1v) is 9.80. The van der Waals surface area contributed by atoms with Crippen LogP contribution in [-0.4, -0.2) is 17.9 Å². The standard InChI is InChI=1S/C25H23NO3/c1-17-13-14-22-21(15-17)23(29-25(28)20-11-7-4-8-12-20)16-18(2)26(22)24(27)19-9-5-3-6-10-19/h3-15,18,23H,16H2,1-2H3/t18-,23+/m1/s1. The minimum Gasteiger partial charge on any atom is -0.454 e. The van der Waals surface area contributed by atoms with Gasteiger partial charge in [-0.3, -0.25) is 4.79 Å². The van der Waals surface area contributed by atoms with E-state index in [0.29, 0.717) is 17.5 Å². The van der Waals surface area contributed by atoms with Gasteiger partial charge in [0.05, 0.1) is 11.3 Å². The highest BCUT2D eigenvalue weighted by Crippen LogP contribution is 2.40. The third-order valence-electron chi connectivity index (χ3n) is 5.28. The van der Waals surface area contributed by atoms with E-state index in [4.69, 9.17) is 4.74 Å². The van der Waals surface area contributed by atoms with Crippen LogP contribution in [0.15, 0.2) is 78.9 Å². The van der Waals surface area contributed by atoms with E-state index in [9.17, 15) is 9.59 Å². The quantitative estimate of drug-likeness (QED) is 0.572. The van der Waals surface area contributed by atoms with E-state index in [2.05, 4.69) is 0 Å². The summed E-state index contributed by atoms with van der Waals surface area (Å²) in [5.41, 5.74) is 3.90. The first-order valence-electron chi connectivity index (χ1n) is 9.80. The molecule has 0 radical (unpaired) electrons. The molecular weight excluding hydrogens is 362 g/mol. The number of anilines is 1. The van der Waals surface area contributed by atoms with Crippen LogP contribution in [0, 0.1) is 6.92 Å². The number of carbonyl (C=O) groups is 2. The van der Waals surface area contributed by atoms with Crippen molar-refractivity contribution in [3.63, 3.8) is 0 Å². The van der Waals surface area contributed by atoms with Gasteiger partial charge >= 0.3 is 5.97 Å². The monoisotopic (exact) mass is 385 g/mol. The smallest absolute Gasteiger partial charge is 0.338 e. The fourth-order valence-electron chi connectivity index (χ4n) is 3.84. The van der Waals surface area contributed by atoms with Gasteiger partial charge in [0, 0.05) is 23.6 Å². The number of fused-ring (bicyclic) bond motifs is 1. The van der Waals surface area contributed by atoms with Gasteiger partial charge in [0.15, 0.2) is 0 Å². The molecule has 0 aromatic heterocycles. The first kappa shape index (κ1) is 18.9. The van der Waals surface area contributed by atoms with E-state index in [1.807, 2.05) is 85.5 Å². The molecular formula is C25H23NO3. The number of aryl methyl sites for hydroxylation is 1. The van der Waals surface area contributed by atoms with E-state index in [1.54, 1.807) is 12.1 Å². The van der Waals surface area contributed by atoms with Crippen molar-refractivity contribution in [1.29, 1.82) is 0 Å². The Morgan fingerprint density at radius 2 is 1.52 bits per heavy atom. The lowest BCUT2D eigenvalue weighted by Gasteiger charge is -2.39. The first-order chi connectivity index (χ1) is 14.0. The maximum Gasteiger partial charge on any atom is 0.338 e. The average Bonchev–Trinajstić information content (AvgIpc) is 2.75. The van der Waals surface area contributed by atoms with Crippen LogP contribution < -0.4 is 4.90 Å². The fraction of sp³-hybridized carbons (Fsp3) is 0.200. The van der Waals surface area contributed by atoms with Gasteiger partial charge in [-0.25, -0.2) is 4.79 Å². The molecule has 0 unspecified atom stereocenters. The third-order valence-corrected chi connectivity index (χ3v) is 5.28. The Morgan fingerprint density at radius 3 is 2.17 bits per heavy atom.